The molecule has 1 saturated heterocycles. The van der Waals surface area contributed by atoms with Crippen LogP contribution in [0.4, 0.5) is 0 Å². The summed E-state index contributed by atoms with van der Waals surface area (Å²) in [5, 5.41) is 6.46. The van der Waals surface area contributed by atoms with E-state index in [1.165, 1.54) is 0 Å². The summed E-state index contributed by atoms with van der Waals surface area (Å²) < 4.78 is 11.3. The minimum Gasteiger partial charge on any atom is -0.494 e. The highest BCUT2D eigenvalue weighted by atomic mass is 35.5. The van der Waals surface area contributed by atoms with Crippen LogP contribution in [-0.2, 0) is 11.3 Å². The first-order valence-corrected chi connectivity index (χ1v) is 10.0. The maximum absolute atomic E-state index is 12.5. The number of nitrogens with one attached hydrogen (secondary N) is 2. The molecule has 1 aromatic carbocycles. The fraction of sp³-hybridized carbons (Fsp3) is 0.455. The number of halogens is 2. The van der Waals surface area contributed by atoms with Crippen molar-refractivity contribution in [3.63, 3.8) is 0 Å². The van der Waals surface area contributed by atoms with Crippen LogP contribution in [-0.4, -0.2) is 30.6 Å². The number of rotatable bonds is 7. The second kappa shape index (κ2) is 10.8. The van der Waals surface area contributed by atoms with E-state index in [1.807, 2.05) is 43.3 Å². The lowest BCUT2D eigenvalue weighted by atomic mass is 9.92. The van der Waals surface area contributed by atoms with Gasteiger partial charge >= 0.3 is 0 Å². The summed E-state index contributed by atoms with van der Waals surface area (Å²) in [5.74, 6) is 2.37. The van der Waals surface area contributed by atoms with Gasteiger partial charge in [-0.2, -0.15) is 0 Å². The molecule has 1 aliphatic carbocycles. The number of hydrogen-bond donors (Lipinski definition) is 2. The first kappa shape index (κ1) is 24.3. The van der Waals surface area contributed by atoms with Crippen LogP contribution in [0.1, 0.15) is 31.7 Å². The third kappa shape index (κ3) is 5.78. The van der Waals surface area contributed by atoms with Crippen LogP contribution in [0.2, 0.25) is 0 Å². The molecule has 6 nitrogen and oxygen atoms in total. The molecule has 1 spiro atoms. The second-order valence-electron chi connectivity index (χ2n) is 7.60. The Labute approximate surface area is 190 Å². The molecule has 8 heteroatoms. The Morgan fingerprint density at radius 2 is 1.87 bits per heavy atom. The van der Waals surface area contributed by atoms with Gasteiger partial charge in [0.05, 0.1) is 6.61 Å². The largest absolute Gasteiger partial charge is 0.494 e. The van der Waals surface area contributed by atoms with Gasteiger partial charge in [-0.05, 0) is 80.6 Å². The van der Waals surface area contributed by atoms with Gasteiger partial charge in [0, 0.05) is 24.7 Å². The summed E-state index contributed by atoms with van der Waals surface area (Å²) in [6.45, 7) is 5.13. The molecule has 2 aromatic rings. The van der Waals surface area contributed by atoms with Crippen LogP contribution in [0.25, 0.3) is 0 Å². The Balaban J connectivity index is 0.00000160. The normalized spacial score (nSPS) is 18.5. The number of aromatic nitrogens is 1. The number of hydrogen-bond acceptors (Lipinski definition) is 5. The molecule has 2 N–H and O–H groups in total. The van der Waals surface area contributed by atoms with E-state index in [1.54, 1.807) is 6.20 Å². The number of pyridine rings is 1. The molecule has 2 heterocycles. The predicted molar refractivity (Wildman–Crippen MR) is 121 cm³/mol. The summed E-state index contributed by atoms with van der Waals surface area (Å²) in [6, 6.07) is 11.2. The second-order valence-corrected chi connectivity index (χ2v) is 7.60. The Hall–Kier alpha value is -2.02. The van der Waals surface area contributed by atoms with Gasteiger partial charge in [0.15, 0.2) is 0 Å². The van der Waals surface area contributed by atoms with Crippen molar-refractivity contribution in [2.24, 2.45) is 11.3 Å². The average molecular weight is 454 g/mol. The minimum absolute atomic E-state index is 0. The third-order valence-corrected chi connectivity index (χ3v) is 5.73. The van der Waals surface area contributed by atoms with E-state index < -0.39 is 0 Å². The number of nitrogens with zero attached hydrogens (tertiary/aromatic N) is 1. The maximum Gasteiger partial charge on any atom is 0.223 e. The SMILES string of the molecule is CCOc1ccc(Oc2cc(CNC(=O)C3CC34CCNCC4)ccn2)cc1.Cl.Cl. The molecular weight excluding hydrogens is 425 g/mol. The number of amides is 1. The summed E-state index contributed by atoms with van der Waals surface area (Å²) in [6.07, 6.45) is 4.96. The summed E-state index contributed by atoms with van der Waals surface area (Å²) >= 11 is 0. The molecule has 1 amide bonds. The lowest BCUT2D eigenvalue weighted by Gasteiger charge is -2.23. The predicted octanol–water partition coefficient (Wildman–Crippen LogP) is 4.12. The van der Waals surface area contributed by atoms with Crippen molar-refractivity contribution in [3.05, 3.63) is 48.2 Å². The topological polar surface area (TPSA) is 72.5 Å². The average Bonchev–Trinajstić information content (AvgIpc) is 3.41. The number of ether oxygens (including phenoxy) is 2. The lowest BCUT2D eigenvalue weighted by molar-refractivity contribution is -0.123. The standard InChI is InChI=1S/C22H27N3O3.2ClH/c1-2-27-17-3-5-18(6-4-17)28-20-13-16(7-10-24-20)15-25-21(26)19-14-22(19)8-11-23-12-9-22;;/h3-7,10,13,19,23H,2,8-9,11-12,14-15H2,1H3,(H,25,26);2*1H. The number of piperidine rings is 1. The summed E-state index contributed by atoms with van der Waals surface area (Å²) in [5.41, 5.74) is 1.24. The molecule has 1 saturated carbocycles. The molecule has 2 fully saturated rings. The lowest BCUT2D eigenvalue weighted by Crippen LogP contribution is -2.33. The monoisotopic (exact) mass is 453 g/mol. The Bertz CT molecular complexity index is 827. The van der Waals surface area contributed by atoms with Gasteiger partial charge in [-0.25, -0.2) is 4.98 Å². The first-order chi connectivity index (χ1) is 13.7. The van der Waals surface area contributed by atoms with Crippen molar-refractivity contribution in [2.45, 2.75) is 32.7 Å². The van der Waals surface area contributed by atoms with Crippen LogP contribution in [0.15, 0.2) is 42.6 Å². The third-order valence-electron chi connectivity index (χ3n) is 5.73. The quantitative estimate of drug-likeness (QED) is 0.659. The van der Waals surface area contributed by atoms with Crippen LogP contribution >= 0.6 is 24.8 Å². The van der Waals surface area contributed by atoms with E-state index in [2.05, 4.69) is 15.6 Å². The van der Waals surface area contributed by atoms with Crippen molar-refractivity contribution in [3.8, 4) is 17.4 Å². The fourth-order valence-electron chi connectivity index (χ4n) is 4.02. The Morgan fingerprint density at radius 3 is 2.57 bits per heavy atom. The number of carbonyl (C=O) groups excluding carboxylic acids is 1. The Kier molecular flexibility index (Phi) is 8.77. The highest BCUT2D eigenvalue weighted by molar-refractivity contribution is 5.85. The highest BCUT2D eigenvalue weighted by Crippen LogP contribution is 2.58. The van der Waals surface area contributed by atoms with Gasteiger partial charge in [0.25, 0.3) is 0 Å². The van der Waals surface area contributed by atoms with E-state index in [9.17, 15) is 4.79 Å². The van der Waals surface area contributed by atoms with Crippen LogP contribution < -0.4 is 20.1 Å². The molecule has 0 radical (unpaired) electrons. The molecule has 0 bridgehead atoms. The zero-order valence-corrected chi connectivity index (χ0v) is 18.7. The molecule has 1 atom stereocenters. The molecule has 30 heavy (non-hydrogen) atoms. The van der Waals surface area contributed by atoms with E-state index in [4.69, 9.17) is 9.47 Å². The van der Waals surface area contributed by atoms with E-state index in [0.29, 0.717) is 24.8 Å². The van der Waals surface area contributed by atoms with Gasteiger partial charge in [0.2, 0.25) is 11.8 Å². The van der Waals surface area contributed by atoms with Gasteiger partial charge in [-0.1, -0.05) is 0 Å². The van der Waals surface area contributed by atoms with Crippen LogP contribution in [0.3, 0.4) is 0 Å². The zero-order chi connectivity index (χ0) is 19.4. The molecule has 1 aromatic heterocycles. The fourth-order valence-corrected chi connectivity index (χ4v) is 4.02. The molecule has 2 aliphatic rings. The molecular formula is C22H29Cl2N3O3. The maximum atomic E-state index is 12.5. The molecule has 164 valence electrons. The van der Waals surface area contributed by atoms with Gasteiger partial charge in [-0.3, -0.25) is 4.79 Å². The van der Waals surface area contributed by atoms with Gasteiger partial charge < -0.3 is 20.1 Å². The zero-order valence-electron chi connectivity index (χ0n) is 17.1. The summed E-state index contributed by atoms with van der Waals surface area (Å²) in [4.78, 5) is 16.8. The van der Waals surface area contributed by atoms with Crippen molar-refractivity contribution in [1.29, 1.82) is 0 Å². The van der Waals surface area contributed by atoms with Crippen molar-refractivity contribution < 1.29 is 14.3 Å². The van der Waals surface area contributed by atoms with Gasteiger partial charge in [-0.15, -0.1) is 24.8 Å². The van der Waals surface area contributed by atoms with Crippen LogP contribution in [0, 0.1) is 11.3 Å². The van der Waals surface area contributed by atoms with Crippen molar-refractivity contribution in [2.75, 3.05) is 19.7 Å². The van der Waals surface area contributed by atoms with E-state index in [-0.39, 0.29) is 42.1 Å². The highest BCUT2D eigenvalue weighted by Gasteiger charge is 2.57. The van der Waals surface area contributed by atoms with E-state index in [0.717, 1.165) is 43.7 Å². The first-order valence-electron chi connectivity index (χ1n) is 10.0. The van der Waals surface area contributed by atoms with Crippen molar-refractivity contribution in [1.82, 2.24) is 15.6 Å². The number of carbonyl (C=O) groups is 1. The minimum atomic E-state index is 0. The smallest absolute Gasteiger partial charge is 0.223 e. The van der Waals surface area contributed by atoms with Gasteiger partial charge in [0.1, 0.15) is 11.5 Å². The van der Waals surface area contributed by atoms with Crippen molar-refractivity contribution >= 4 is 30.7 Å². The summed E-state index contributed by atoms with van der Waals surface area (Å²) in [7, 11) is 0. The molecule has 1 aliphatic heterocycles. The Morgan fingerprint density at radius 1 is 1.17 bits per heavy atom. The number of benzene rings is 1. The van der Waals surface area contributed by atoms with Crippen LogP contribution in [0.5, 0.6) is 17.4 Å². The molecule has 4 rings (SSSR count). The molecule has 1 unspecified atom stereocenters. The van der Waals surface area contributed by atoms with E-state index >= 15 is 0 Å².